The molecular weight excluding hydrogens is 202 g/mol. The highest BCUT2D eigenvalue weighted by Crippen LogP contribution is 2.14. The Bertz CT molecular complexity index is 375. The van der Waals surface area contributed by atoms with Gasteiger partial charge in [-0.2, -0.15) is 0 Å². The lowest BCUT2D eigenvalue weighted by Crippen LogP contribution is -2.57. The normalized spacial score (nSPS) is 25.8. The fourth-order valence-electron chi connectivity index (χ4n) is 2.35. The Kier molecular flexibility index (Phi) is 3.01. The average Bonchev–Trinajstić information content (AvgIpc) is 2.64. The van der Waals surface area contributed by atoms with Crippen molar-refractivity contribution < 1.29 is 4.79 Å². The first-order valence-electron chi connectivity index (χ1n) is 5.76. The summed E-state index contributed by atoms with van der Waals surface area (Å²) in [7, 11) is 1.91. The van der Waals surface area contributed by atoms with E-state index in [9.17, 15) is 4.79 Å². The van der Waals surface area contributed by atoms with Gasteiger partial charge in [-0.1, -0.05) is 0 Å². The second-order valence-corrected chi connectivity index (χ2v) is 4.57. The topological polar surface area (TPSA) is 37.3 Å². The van der Waals surface area contributed by atoms with Crippen LogP contribution in [0.2, 0.25) is 0 Å². The molecule has 0 bridgehead atoms. The molecular formula is C12H19N3O. The molecule has 1 N–H and O–H groups in total. The second-order valence-electron chi connectivity index (χ2n) is 4.57. The number of carbonyl (C=O) groups excluding carboxylic acids is 1. The number of amides is 1. The Morgan fingerprint density at radius 3 is 2.50 bits per heavy atom. The third-order valence-corrected chi connectivity index (χ3v) is 3.23. The van der Waals surface area contributed by atoms with Gasteiger partial charge in [0.15, 0.2) is 0 Å². The van der Waals surface area contributed by atoms with Gasteiger partial charge in [0.05, 0.1) is 0 Å². The summed E-state index contributed by atoms with van der Waals surface area (Å²) < 4.78 is 1.88. The van der Waals surface area contributed by atoms with Crippen molar-refractivity contribution in [3.8, 4) is 0 Å². The maximum Gasteiger partial charge on any atom is 0.271 e. The number of rotatable bonds is 1. The lowest BCUT2D eigenvalue weighted by atomic mass is 10.1. The van der Waals surface area contributed by atoms with E-state index in [0.29, 0.717) is 0 Å². The number of hydrogen-bond acceptors (Lipinski definition) is 2. The van der Waals surface area contributed by atoms with Gasteiger partial charge in [0.25, 0.3) is 5.91 Å². The number of nitrogens with zero attached hydrogens (tertiary/aromatic N) is 2. The van der Waals surface area contributed by atoms with Crippen LogP contribution in [0.4, 0.5) is 0 Å². The van der Waals surface area contributed by atoms with E-state index in [4.69, 9.17) is 0 Å². The second kappa shape index (κ2) is 4.29. The first-order chi connectivity index (χ1) is 7.61. The molecule has 4 nitrogen and oxygen atoms in total. The summed E-state index contributed by atoms with van der Waals surface area (Å²) in [6, 6.07) is 4.30. The van der Waals surface area contributed by atoms with E-state index in [1.54, 1.807) is 0 Å². The lowest BCUT2D eigenvalue weighted by Gasteiger charge is -2.39. The minimum Gasteiger partial charge on any atom is -0.347 e. The molecule has 0 saturated carbocycles. The van der Waals surface area contributed by atoms with E-state index >= 15 is 0 Å². The number of aryl methyl sites for hydroxylation is 1. The first kappa shape index (κ1) is 11.2. The van der Waals surface area contributed by atoms with E-state index in [0.717, 1.165) is 18.8 Å². The van der Waals surface area contributed by atoms with E-state index in [1.165, 1.54) is 0 Å². The maximum absolute atomic E-state index is 12.4. The Morgan fingerprint density at radius 1 is 1.38 bits per heavy atom. The van der Waals surface area contributed by atoms with Crippen molar-refractivity contribution in [2.75, 3.05) is 13.1 Å². The molecule has 1 aliphatic heterocycles. The maximum atomic E-state index is 12.4. The minimum absolute atomic E-state index is 0.133. The monoisotopic (exact) mass is 221 g/mol. The summed E-state index contributed by atoms with van der Waals surface area (Å²) in [6.07, 6.45) is 1.91. The molecule has 1 saturated heterocycles. The summed E-state index contributed by atoms with van der Waals surface area (Å²) in [6.45, 7) is 5.92. The Balaban J connectivity index is 2.23. The quantitative estimate of drug-likeness (QED) is 0.763. The van der Waals surface area contributed by atoms with Crippen LogP contribution in [0.5, 0.6) is 0 Å². The molecule has 0 radical (unpaired) electrons. The molecule has 0 aromatic carbocycles. The molecule has 16 heavy (non-hydrogen) atoms. The number of carbonyl (C=O) groups is 1. The van der Waals surface area contributed by atoms with Crippen molar-refractivity contribution in [3.63, 3.8) is 0 Å². The van der Waals surface area contributed by atoms with Crippen LogP contribution in [0.3, 0.4) is 0 Å². The number of hydrogen-bond donors (Lipinski definition) is 1. The molecule has 2 unspecified atom stereocenters. The molecule has 4 heteroatoms. The first-order valence-corrected chi connectivity index (χ1v) is 5.76. The number of piperazine rings is 1. The van der Waals surface area contributed by atoms with Crippen molar-refractivity contribution in [2.45, 2.75) is 25.9 Å². The molecule has 0 spiro atoms. The summed E-state index contributed by atoms with van der Waals surface area (Å²) in [5.74, 6) is 0.133. The zero-order valence-corrected chi connectivity index (χ0v) is 10.1. The van der Waals surface area contributed by atoms with Crippen LogP contribution in [0.15, 0.2) is 18.3 Å². The van der Waals surface area contributed by atoms with Crippen LogP contribution in [0.1, 0.15) is 24.3 Å². The van der Waals surface area contributed by atoms with Gasteiger partial charge in [-0.15, -0.1) is 0 Å². The van der Waals surface area contributed by atoms with Gasteiger partial charge in [0.2, 0.25) is 0 Å². The highest BCUT2D eigenvalue weighted by atomic mass is 16.2. The van der Waals surface area contributed by atoms with Crippen LogP contribution in [-0.2, 0) is 7.05 Å². The number of aromatic nitrogens is 1. The van der Waals surface area contributed by atoms with Crippen molar-refractivity contribution in [3.05, 3.63) is 24.0 Å². The summed E-state index contributed by atoms with van der Waals surface area (Å²) in [5.41, 5.74) is 0.764. The third kappa shape index (κ3) is 1.85. The van der Waals surface area contributed by atoms with Crippen LogP contribution < -0.4 is 5.32 Å². The largest absolute Gasteiger partial charge is 0.347 e. The van der Waals surface area contributed by atoms with Crippen LogP contribution in [-0.4, -0.2) is 40.5 Å². The molecule has 88 valence electrons. The molecule has 1 fully saturated rings. The summed E-state index contributed by atoms with van der Waals surface area (Å²) in [5, 5.41) is 3.33. The van der Waals surface area contributed by atoms with E-state index in [-0.39, 0.29) is 18.0 Å². The molecule has 1 aromatic heterocycles. The molecule has 2 atom stereocenters. The van der Waals surface area contributed by atoms with Crippen LogP contribution >= 0.6 is 0 Å². The van der Waals surface area contributed by atoms with Crippen molar-refractivity contribution in [1.29, 1.82) is 0 Å². The summed E-state index contributed by atoms with van der Waals surface area (Å²) >= 11 is 0. The Morgan fingerprint density at radius 2 is 2.00 bits per heavy atom. The molecule has 2 rings (SSSR count). The standard InChI is InChI=1S/C12H19N3O/c1-9-7-13-8-10(2)15(9)12(16)11-5-4-6-14(11)3/h4-6,9-10,13H,7-8H2,1-3H3. The van der Waals surface area contributed by atoms with Gasteiger partial charge in [-0.25, -0.2) is 0 Å². The van der Waals surface area contributed by atoms with Crippen molar-refractivity contribution >= 4 is 5.91 Å². The van der Waals surface area contributed by atoms with Crippen molar-refractivity contribution in [1.82, 2.24) is 14.8 Å². The average molecular weight is 221 g/mol. The fraction of sp³-hybridized carbons (Fsp3) is 0.583. The van der Waals surface area contributed by atoms with Gasteiger partial charge in [0, 0.05) is 38.4 Å². The van der Waals surface area contributed by atoms with Gasteiger partial charge < -0.3 is 14.8 Å². The Hall–Kier alpha value is -1.29. The van der Waals surface area contributed by atoms with Gasteiger partial charge in [-0.05, 0) is 26.0 Å². The zero-order valence-electron chi connectivity index (χ0n) is 10.1. The fourth-order valence-corrected chi connectivity index (χ4v) is 2.35. The van der Waals surface area contributed by atoms with E-state index < -0.39 is 0 Å². The molecule has 2 heterocycles. The van der Waals surface area contributed by atoms with E-state index in [1.807, 2.05) is 34.8 Å². The van der Waals surface area contributed by atoms with Gasteiger partial charge >= 0.3 is 0 Å². The molecule has 0 aliphatic carbocycles. The molecule has 1 amide bonds. The van der Waals surface area contributed by atoms with Crippen LogP contribution in [0.25, 0.3) is 0 Å². The smallest absolute Gasteiger partial charge is 0.271 e. The predicted molar refractivity (Wildman–Crippen MR) is 63.4 cm³/mol. The predicted octanol–water partition coefficient (Wildman–Crippen LogP) is 0.847. The molecule has 1 aliphatic rings. The summed E-state index contributed by atoms with van der Waals surface area (Å²) in [4.78, 5) is 14.4. The SMILES string of the molecule is CC1CNCC(C)N1C(=O)c1cccn1C. The lowest BCUT2D eigenvalue weighted by molar-refractivity contribution is 0.0534. The zero-order chi connectivity index (χ0) is 11.7. The van der Waals surface area contributed by atoms with E-state index in [2.05, 4.69) is 19.2 Å². The molecule has 1 aromatic rings. The van der Waals surface area contributed by atoms with Gasteiger partial charge in [0.1, 0.15) is 5.69 Å². The van der Waals surface area contributed by atoms with Crippen molar-refractivity contribution in [2.24, 2.45) is 7.05 Å². The Labute approximate surface area is 96.2 Å². The van der Waals surface area contributed by atoms with Gasteiger partial charge in [-0.3, -0.25) is 4.79 Å². The highest BCUT2D eigenvalue weighted by Gasteiger charge is 2.30. The third-order valence-electron chi connectivity index (χ3n) is 3.23. The number of nitrogens with one attached hydrogen (secondary N) is 1. The highest BCUT2D eigenvalue weighted by molar-refractivity contribution is 5.93. The van der Waals surface area contributed by atoms with Crippen LogP contribution in [0, 0.1) is 0 Å². The minimum atomic E-state index is 0.133.